The second kappa shape index (κ2) is 9.20. The number of benzene rings is 1. The molecule has 1 aliphatic carbocycles. The van der Waals surface area contributed by atoms with E-state index in [0.29, 0.717) is 29.0 Å². The van der Waals surface area contributed by atoms with Gasteiger partial charge in [0.25, 0.3) is 0 Å². The van der Waals surface area contributed by atoms with Gasteiger partial charge in [-0.3, -0.25) is 4.40 Å². The van der Waals surface area contributed by atoms with Crippen LogP contribution in [0.3, 0.4) is 0 Å². The highest BCUT2D eigenvalue weighted by atomic mass is 32.2. The quantitative estimate of drug-likeness (QED) is 0.398. The van der Waals surface area contributed by atoms with E-state index in [1.807, 2.05) is 24.3 Å². The minimum atomic E-state index is -3.96. The molecule has 2 N–H and O–H groups in total. The largest absolute Gasteiger partial charge is 0.447 e. The van der Waals surface area contributed by atoms with Gasteiger partial charge in [-0.05, 0) is 57.2 Å². The molecule has 4 aromatic rings. The van der Waals surface area contributed by atoms with Crippen molar-refractivity contribution >= 4 is 32.7 Å². The fourth-order valence-electron chi connectivity index (χ4n) is 5.25. The van der Waals surface area contributed by atoms with Crippen LogP contribution in [0.2, 0.25) is 0 Å². The number of hydrogen-bond donors (Lipinski definition) is 2. The lowest BCUT2D eigenvalue weighted by atomic mass is 9.93. The first-order valence-corrected chi connectivity index (χ1v) is 13.7. The molecule has 5 rings (SSSR count). The number of fused-ring (bicyclic) bond motifs is 3. The van der Waals surface area contributed by atoms with Crippen molar-refractivity contribution in [1.29, 1.82) is 0 Å². The molecule has 190 valence electrons. The van der Waals surface area contributed by atoms with E-state index in [2.05, 4.69) is 32.4 Å². The highest BCUT2D eigenvalue weighted by molar-refractivity contribution is 7.91. The molecule has 3 heterocycles. The number of carbonyl (C=O) groups is 1. The summed E-state index contributed by atoms with van der Waals surface area (Å²) in [5.41, 5.74) is 1.98. The van der Waals surface area contributed by atoms with E-state index in [9.17, 15) is 13.2 Å². The zero-order valence-electron chi connectivity index (χ0n) is 20.7. The molecule has 0 unspecified atom stereocenters. The molecule has 3 aromatic heterocycles. The molecule has 1 aliphatic rings. The number of ether oxygens (including phenoxy) is 1. The van der Waals surface area contributed by atoms with E-state index in [-0.39, 0.29) is 39.6 Å². The Morgan fingerprint density at radius 1 is 1.22 bits per heavy atom. The van der Waals surface area contributed by atoms with Crippen LogP contribution in [0.5, 0.6) is 0 Å². The smallest absolute Gasteiger partial charge is 0.407 e. The molecule has 1 fully saturated rings. The molecular weight excluding hydrogens is 480 g/mol. The molecule has 1 amide bonds. The van der Waals surface area contributed by atoms with Gasteiger partial charge in [0, 0.05) is 18.2 Å². The van der Waals surface area contributed by atoms with Crippen LogP contribution in [0.1, 0.15) is 57.3 Å². The lowest BCUT2D eigenvalue weighted by molar-refractivity contribution is 0.112. The third kappa shape index (κ3) is 4.11. The maximum Gasteiger partial charge on any atom is 0.407 e. The predicted molar refractivity (Wildman–Crippen MR) is 134 cm³/mol. The number of alkyl carbamates (subject to hydrolysis) is 1. The van der Waals surface area contributed by atoms with E-state index in [0.717, 1.165) is 12.8 Å². The minimum absolute atomic E-state index is 0.0242. The van der Waals surface area contributed by atoms with Gasteiger partial charge >= 0.3 is 6.09 Å². The minimum Gasteiger partial charge on any atom is -0.447 e. The van der Waals surface area contributed by atoms with Gasteiger partial charge in [0.2, 0.25) is 14.9 Å². The summed E-state index contributed by atoms with van der Waals surface area (Å²) in [6.07, 6.45) is 3.41. The third-order valence-electron chi connectivity index (χ3n) is 6.89. The summed E-state index contributed by atoms with van der Waals surface area (Å²) in [5.74, 6) is 0.885. The van der Waals surface area contributed by atoms with Crippen molar-refractivity contribution in [2.75, 3.05) is 0 Å². The highest BCUT2D eigenvalue weighted by Crippen LogP contribution is 2.42. The maximum atomic E-state index is 13.7. The van der Waals surface area contributed by atoms with E-state index in [1.54, 1.807) is 37.4 Å². The number of aromatic nitrogens is 5. The molecule has 3 atom stereocenters. The third-order valence-corrected chi connectivity index (χ3v) is 8.71. The number of aromatic amines is 1. The zero-order valence-corrected chi connectivity index (χ0v) is 21.5. The first-order chi connectivity index (χ1) is 17.2. The van der Waals surface area contributed by atoms with E-state index in [1.165, 1.54) is 0 Å². The molecule has 1 aromatic carbocycles. The molecule has 0 saturated heterocycles. The summed E-state index contributed by atoms with van der Waals surface area (Å²) in [7, 11) is -3.96. The van der Waals surface area contributed by atoms with Gasteiger partial charge in [0.15, 0.2) is 11.3 Å². The molecular formula is C25H30N6O4S. The lowest BCUT2D eigenvalue weighted by Crippen LogP contribution is -2.34. The van der Waals surface area contributed by atoms with Gasteiger partial charge in [-0.15, -0.1) is 10.2 Å². The second-order valence-electron chi connectivity index (χ2n) is 9.66. The molecule has 0 radical (unpaired) electrons. The number of hydrogen-bond acceptors (Lipinski definition) is 7. The van der Waals surface area contributed by atoms with Gasteiger partial charge in [-0.1, -0.05) is 31.5 Å². The Balaban J connectivity index is 1.61. The van der Waals surface area contributed by atoms with E-state index >= 15 is 0 Å². The van der Waals surface area contributed by atoms with Gasteiger partial charge in [0.1, 0.15) is 5.82 Å². The first kappa shape index (κ1) is 24.2. The number of nitrogens with one attached hydrogen (secondary N) is 2. The number of amides is 1. The van der Waals surface area contributed by atoms with Crippen LogP contribution in [0.4, 0.5) is 4.79 Å². The molecule has 1 saturated carbocycles. The van der Waals surface area contributed by atoms with Crippen molar-refractivity contribution in [3.8, 4) is 0 Å². The first-order valence-electron chi connectivity index (χ1n) is 12.2. The maximum absolute atomic E-state index is 13.7. The lowest BCUT2D eigenvalue weighted by Gasteiger charge is -2.16. The van der Waals surface area contributed by atoms with Crippen molar-refractivity contribution in [3.05, 3.63) is 47.9 Å². The summed E-state index contributed by atoms with van der Waals surface area (Å²) >= 11 is 0. The molecule has 0 aliphatic heterocycles. The molecule has 36 heavy (non-hydrogen) atoms. The Hall–Kier alpha value is -3.47. The Kier molecular flexibility index (Phi) is 6.19. The average Bonchev–Trinajstić information content (AvgIpc) is 3.55. The number of sulfone groups is 1. The Morgan fingerprint density at radius 2 is 2.00 bits per heavy atom. The predicted octanol–water partition coefficient (Wildman–Crippen LogP) is 4.15. The summed E-state index contributed by atoms with van der Waals surface area (Å²) in [6.45, 7) is 7.49. The molecule has 10 nitrogen and oxygen atoms in total. The van der Waals surface area contributed by atoms with Crippen molar-refractivity contribution in [2.24, 2.45) is 5.92 Å². The molecule has 0 bridgehead atoms. The fourth-order valence-corrected chi connectivity index (χ4v) is 6.80. The van der Waals surface area contributed by atoms with Crippen LogP contribution in [0.15, 0.2) is 46.5 Å². The van der Waals surface area contributed by atoms with Crippen LogP contribution in [-0.4, -0.2) is 51.2 Å². The average molecular weight is 511 g/mol. The zero-order chi connectivity index (χ0) is 25.6. The van der Waals surface area contributed by atoms with Gasteiger partial charge in [-0.2, -0.15) is 0 Å². The van der Waals surface area contributed by atoms with Crippen molar-refractivity contribution in [1.82, 2.24) is 29.9 Å². The number of aryl methyl sites for hydroxylation is 1. The molecule has 0 spiro atoms. The summed E-state index contributed by atoms with van der Waals surface area (Å²) in [6, 6.07) is 8.60. The standard InChI is InChI=1S/C25H30N6O4S/c1-5-16-12-17(27-25(32)35-14(2)3)13-18(16)22-29-30-23-24(28-21-19(31(22)23)10-11-26-21)36(33,34)20-9-7-6-8-15(20)4/h6-11,14,16-18,26H,5,12-13H2,1-4H3,(H,27,32)/t16-,17+,18+/m1/s1. The molecule has 11 heteroatoms. The van der Waals surface area contributed by atoms with Gasteiger partial charge in [0.05, 0.1) is 16.5 Å². The van der Waals surface area contributed by atoms with Crippen molar-refractivity contribution in [3.63, 3.8) is 0 Å². The van der Waals surface area contributed by atoms with Crippen LogP contribution in [-0.2, 0) is 14.6 Å². The van der Waals surface area contributed by atoms with Crippen LogP contribution in [0.25, 0.3) is 16.8 Å². The van der Waals surface area contributed by atoms with Crippen molar-refractivity contribution in [2.45, 2.75) is 74.9 Å². The van der Waals surface area contributed by atoms with E-state index < -0.39 is 15.9 Å². The number of rotatable bonds is 6. The van der Waals surface area contributed by atoms with Crippen LogP contribution >= 0.6 is 0 Å². The van der Waals surface area contributed by atoms with Gasteiger partial charge < -0.3 is 15.0 Å². The van der Waals surface area contributed by atoms with Crippen LogP contribution < -0.4 is 5.32 Å². The Morgan fingerprint density at radius 3 is 2.72 bits per heavy atom. The SMILES string of the molecule is CC[C@@H]1C[C@H](NC(=O)OC(C)C)C[C@@H]1c1nnc2c(S(=O)(=O)c3ccccc3C)nc3[nH]ccc3n12. The monoisotopic (exact) mass is 510 g/mol. The number of H-pyrrole nitrogens is 1. The summed E-state index contributed by atoms with van der Waals surface area (Å²) in [5, 5.41) is 11.7. The highest BCUT2D eigenvalue weighted by Gasteiger charge is 2.39. The normalized spacial score (nSPS) is 20.4. The fraction of sp³-hybridized carbons (Fsp3) is 0.440. The Labute approximate surface area is 209 Å². The van der Waals surface area contributed by atoms with Crippen LogP contribution in [0, 0.1) is 12.8 Å². The van der Waals surface area contributed by atoms with Gasteiger partial charge in [-0.25, -0.2) is 18.2 Å². The summed E-state index contributed by atoms with van der Waals surface area (Å²) < 4.78 is 34.5. The van der Waals surface area contributed by atoms with Crippen molar-refractivity contribution < 1.29 is 17.9 Å². The van der Waals surface area contributed by atoms with E-state index in [4.69, 9.17) is 4.74 Å². The number of carbonyl (C=O) groups excluding carboxylic acids is 1. The Bertz CT molecular complexity index is 1540. The number of nitrogens with zero attached hydrogens (tertiary/aromatic N) is 4. The second-order valence-corrected chi connectivity index (χ2v) is 11.5. The summed E-state index contributed by atoms with van der Waals surface area (Å²) in [4.78, 5) is 19.9. The topological polar surface area (TPSA) is 131 Å².